The van der Waals surface area contributed by atoms with Gasteiger partial charge in [-0.05, 0) is 20.3 Å². The first-order valence-corrected chi connectivity index (χ1v) is 6.55. The molecule has 6 heteroatoms. The average Bonchev–Trinajstić information content (AvgIpc) is 2.39. The lowest BCUT2D eigenvalue weighted by atomic mass is 10.2. The van der Waals surface area contributed by atoms with Crippen LogP contribution in [0.25, 0.3) is 0 Å². The third-order valence-electron chi connectivity index (χ3n) is 2.88. The van der Waals surface area contributed by atoms with E-state index in [9.17, 15) is 9.59 Å². The second-order valence-corrected chi connectivity index (χ2v) is 4.44. The third-order valence-corrected chi connectivity index (χ3v) is 2.88. The Bertz CT molecular complexity index is 373. The number of carbonyl (C=O) groups is 2. The first-order chi connectivity index (χ1) is 9.01. The van der Waals surface area contributed by atoms with Gasteiger partial charge in [0.15, 0.2) is 5.76 Å². The molecule has 0 aromatic heterocycles. The van der Waals surface area contributed by atoms with Crippen LogP contribution in [0.3, 0.4) is 0 Å². The van der Waals surface area contributed by atoms with Crippen molar-refractivity contribution >= 4 is 12.0 Å². The van der Waals surface area contributed by atoms with Crippen LogP contribution in [0.15, 0.2) is 11.5 Å². The van der Waals surface area contributed by atoms with Crippen molar-refractivity contribution < 1.29 is 19.1 Å². The van der Waals surface area contributed by atoms with Gasteiger partial charge in [-0.3, -0.25) is 4.79 Å². The second-order valence-electron chi connectivity index (χ2n) is 4.44. The molecule has 1 aliphatic heterocycles. The van der Waals surface area contributed by atoms with Gasteiger partial charge in [-0.1, -0.05) is 0 Å². The van der Waals surface area contributed by atoms with Crippen LogP contribution in [0.5, 0.6) is 0 Å². The fourth-order valence-electron chi connectivity index (χ4n) is 1.73. The smallest absolute Gasteiger partial charge is 0.415 e. The molecule has 0 fully saturated rings. The van der Waals surface area contributed by atoms with Crippen LogP contribution in [0, 0.1) is 0 Å². The highest BCUT2D eigenvalue weighted by molar-refractivity contribution is 5.92. The molecule has 1 rings (SSSR count). The molecule has 0 N–H and O–H groups in total. The molecule has 2 amide bonds. The molecule has 6 nitrogen and oxygen atoms in total. The number of rotatable bonds is 4. The van der Waals surface area contributed by atoms with Crippen molar-refractivity contribution in [1.29, 1.82) is 0 Å². The molecule has 0 unspecified atom stereocenters. The molecule has 1 heterocycles. The summed E-state index contributed by atoms with van der Waals surface area (Å²) in [5.74, 6) is 0.209. The minimum atomic E-state index is -0.436. The molecule has 0 aliphatic carbocycles. The summed E-state index contributed by atoms with van der Waals surface area (Å²) in [5, 5.41) is 0. The molecule has 0 atom stereocenters. The topological polar surface area (TPSA) is 59.1 Å². The fraction of sp³-hybridized carbons (Fsp3) is 0.692. The second kappa shape index (κ2) is 7.01. The maximum absolute atomic E-state index is 11.9. The minimum absolute atomic E-state index is 0.150. The summed E-state index contributed by atoms with van der Waals surface area (Å²) in [6.45, 7) is 5.37. The normalized spacial score (nSPS) is 14.7. The molecule has 19 heavy (non-hydrogen) atoms. The van der Waals surface area contributed by atoms with Crippen LogP contribution < -0.4 is 0 Å². The zero-order valence-electron chi connectivity index (χ0n) is 12.1. The zero-order chi connectivity index (χ0) is 14.4. The fourth-order valence-corrected chi connectivity index (χ4v) is 1.73. The Morgan fingerprint density at radius 3 is 2.42 bits per heavy atom. The van der Waals surface area contributed by atoms with Crippen LogP contribution in [0.1, 0.15) is 26.7 Å². The minimum Gasteiger partial charge on any atom is -0.485 e. The van der Waals surface area contributed by atoms with Gasteiger partial charge in [0.25, 0.3) is 5.91 Å². The largest absolute Gasteiger partial charge is 0.485 e. The zero-order valence-corrected chi connectivity index (χ0v) is 12.1. The maximum Gasteiger partial charge on any atom is 0.415 e. The Morgan fingerprint density at radius 1 is 1.26 bits per heavy atom. The van der Waals surface area contributed by atoms with Crippen LogP contribution in [-0.2, 0) is 14.3 Å². The van der Waals surface area contributed by atoms with Gasteiger partial charge in [-0.15, -0.1) is 0 Å². The Labute approximate surface area is 113 Å². The summed E-state index contributed by atoms with van der Waals surface area (Å²) < 4.78 is 10.7. The molecule has 0 bridgehead atoms. The van der Waals surface area contributed by atoms with E-state index in [2.05, 4.69) is 0 Å². The van der Waals surface area contributed by atoms with E-state index in [1.54, 1.807) is 19.0 Å². The van der Waals surface area contributed by atoms with Crippen molar-refractivity contribution in [3.05, 3.63) is 11.5 Å². The van der Waals surface area contributed by atoms with Gasteiger partial charge in [0.2, 0.25) is 5.76 Å². The number of hydrogen-bond acceptors (Lipinski definition) is 4. The molecular weight excluding hydrogens is 248 g/mol. The predicted molar refractivity (Wildman–Crippen MR) is 70.3 cm³/mol. The molecule has 0 aromatic rings. The quantitative estimate of drug-likeness (QED) is 0.778. The molecule has 108 valence electrons. The monoisotopic (exact) mass is 270 g/mol. The SMILES string of the molecule is CCN(CC)C(=O)OC1=C(C(=O)N(C)C)OCCC1. The van der Waals surface area contributed by atoms with Crippen molar-refractivity contribution in [2.75, 3.05) is 33.8 Å². The van der Waals surface area contributed by atoms with E-state index >= 15 is 0 Å². The molecule has 0 radical (unpaired) electrons. The van der Waals surface area contributed by atoms with Gasteiger partial charge in [0.1, 0.15) is 0 Å². The number of ether oxygens (including phenoxy) is 2. The number of nitrogens with zero attached hydrogens (tertiary/aromatic N) is 2. The summed E-state index contributed by atoms with van der Waals surface area (Å²) in [7, 11) is 3.27. The van der Waals surface area contributed by atoms with E-state index in [1.807, 2.05) is 13.8 Å². The highest BCUT2D eigenvalue weighted by atomic mass is 16.6. The van der Waals surface area contributed by atoms with Gasteiger partial charge in [-0.2, -0.15) is 0 Å². The molecule has 1 aliphatic rings. The number of allylic oxidation sites excluding steroid dienone is 1. The van der Waals surface area contributed by atoms with Gasteiger partial charge in [0, 0.05) is 33.6 Å². The summed E-state index contributed by atoms with van der Waals surface area (Å²) in [4.78, 5) is 26.8. The lowest BCUT2D eigenvalue weighted by molar-refractivity contribution is -0.129. The standard InChI is InChI=1S/C13H22N2O4/c1-5-15(6-2)13(17)19-10-8-7-9-18-11(10)12(16)14(3)4/h5-9H2,1-4H3. The van der Waals surface area contributed by atoms with Gasteiger partial charge >= 0.3 is 6.09 Å². The van der Waals surface area contributed by atoms with Crippen LogP contribution >= 0.6 is 0 Å². The van der Waals surface area contributed by atoms with Gasteiger partial charge in [0.05, 0.1) is 6.61 Å². The Kier molecular flexibility index (Phi) is 5.66. The Hall–Kier alpha value is -1.72. The summed E-state index contributed by atoms with van der Waals surface area (Å²) in [6.07, 6.45) is 0.849. The number of carbonyl (C=O) groups excluding carboxylic acids is 2. The summed E-state index contributed by atoms with van der Waals surface area (Å²) in [6, 6.07) is 0. The van der Waals surface area contributed by atoms with E-state index in [1.165, 1.54) is 4.90 Å². The van der Waals surface area contributed by atoms with Crippen LogP contribution in [0.2, 0.25) is 0 Å². The average molecular weight is 270 g/mol. The van der Waals surface area contributed by atoms with Crippen molar-refractivity contribution in [3.8, 4) is 0 Å². The van der Waals surface area contributed by atoms with Crippen molar-refractivity contribution in [3.63, 3.8) is 0 Å². The molecule has 0 saturated carbocycles. The summed E-state index contributed by atoms with van der Waals surface area (Å²) >= 11 is 0. The van der Waals surface area contributed by atoms with Crippen molar-refractivity contribution in [2.24, 2.45) is 0 Å². The highest BCUT2D eigenvalue weighted by Crippen LogP contribution is 2.22. The van der Waals surface area contributed by atoms with Crippen LogP contribution in [0.4, 0.5) is 4.79 Å². The first kappa shape index (κ1) is 15.3. The third kappa shape index (κ3) is 3.87. The van der Waals surface area contributed by atoms with E-state index in [-0.39, 0.29) is 11.7 Å². The number of hydrogen-bond donors (Lipinski definition) is 0. The first-order valence-electron chi connectivity index (χ1n) is 6.55. The van der Waals surface area contributed by atoms with Crippen molar-refractivity contribution in [1.82, 2.24) is 9.80 Å². The highest BCUT2D eigenvalue weighted by Gasteiger charge is 2.26. The Morgan fingerprint density at radius 2 is 1.89 bits per heavy atom. The van der Waals surface area contributed by atoms with E-state index in [0.717, 1.165) is 6.42 Å². The molecule has 0 spiro atoms. The number of likely N-dealkylation sites (N-methyl/N-ethyl adjacent to an activating group) is 1. The van der Waals surface area contributed by atoms with Gasteiger partial charge in [-0.25, -0.2) is 4.79 Å². The van der Waals surface area contributed by atoms with E-state index < -0.39 is 6.09 Å². The summed E-state index contributed by atoms with van der Waals surface area (Å²) in [5.41, 5.74) is 0. The lowest BCUT2D eigenvalue weighted by Crippen LogP contribution is -2.33. The molecular formula is C13H22N2O4. The van der Waals surface area contributed by atoms with Gasteiger partial charge < -0.3 is 19.3 Å². The predicted octanol–water partition coefficient (Wildman–Crippen LogP) is 1.57. The molecule has 0 saturated heterocycles. The number of amides is 2. The molecule has 0 aromatic carbocycles. The maximum atomic E-state index is 11.9. The van der Waals surface area contributed by atoms with E-state index in [0.29, 0.717) is 31.9 Å². The van der Waals surface area contributed by atoms with Crippen LogP contribution in [-0.4, -0.2) is 55.6 Å². The lowest BCUT2D eigenvalue weighted by Gasteiger charge is -2.24. The Balaban J connectivity index is 2.87. The van der Waals surface area contributed by atoms with Crippen molar-refractivity contribution in [2.45, 2.75) is 26.7 Å². The van der Waals surface area contributed by atoms with E-state index in [4.69, 9.17) is 9.47 Å².